The molecule has 0 saturated carbocycles. The second kappa shape index (κ2) is 9.40. The van der Waals surface area contributed by atoms with Crippen molar-refractivity contribution in [1.82, 2.24) is 14.7 Å². The predicted molar refractivity (Wildman–Crippen MR) is 129 cm³/mol. The molecule has 0 aliphatic carbocycles. The Bertz CT molecular complexity index is 1340. The van der Waals surface area contributed by atoms with Crippen molar-refractivity contribution in [2.75, 3.05) is 11.9 Å². The largest absolute Gasteiger partial charge is 0.343 e. The van der Waals surface area contributed by atoms with E-state index in [9.17, 15) is 14.4 Å². The van der Waals surface area contributed by atoms with E-state index >= 15 is 0 Å². The highest BCUT2D eigenvalue weighted by Crippen LogP contribution is 2.19. The summed E-state index contributed by atoms with van der Waals surface area (Å²) >= 11 is 0. The zero-order valence-electron chi connectivity index (χ0n) is 18.4. The molecule has 2 amide bonds. The minimum Gasteiger partial charge on any atom is -0.343 e. The highest BCUT2D eigenvalue weighted by Gasteiger charge is 2.18. The summed E-state index contributed by atoms with van der Waals surface area (Å²) in [4.78, 5) is 37.8. The van der Waals surface area contributed by atoms with E-state index in [1.54, 1.807) is 30.8 Å². The van der Waals surface area contributed by atoms with Crippen LogP contribution in [0.1, 0.15) is 16.1 Å². The number of hydrogen-bond acceptors (Lipinski definition) is 3. The Labute approximate surface area is 191 Å². The maximum absolute atomic E-state index is 12.9. The minimum atomic E-state index is -0.477. The molecule has 0 saturated heterocycles. The molecular formula is C26H24N4O3. The molecule has 0 aliphatic heterocycles. The van der Waals surface area contributed by atoms with Crippen LogP contribution in [0.5, 0.6) is 0 Å². The zero-order chi connectivity index (χ0) is 23.4. The Balaban J connectivity index is 1.41. The molecule has 33 heavy (non-hydrogen) atoms. The van der Waals surface area contributed by atoms with Crippen molar-refractivity contribution in [2.24, 2.45) is 7.05 Å². The van der Waals surface area contributed by atoms with Gasteiger partial charge in [0.05, 0.1) is 17.9 Å². The zero-order valence-corrected chi connectivity index (χ0v) is 18.4. The van der Waals surface area contributed by atoms with Gasteiger partial charge in [-0.1, -0.05) is 60.7 Å². The van der Waals surface area contributed by atoms with Crippen LogP contribution in [-0.4, -0.2) is 27.7 Å². The fourth-order valence-corrected chi connectivity index (χ4v) is 3.60. The Hall–Kier alpha value is -4.39. The number of rotatable bonds is 6. The number of aromatic nitrogens is 2. The van der Waals surface area contributed by atoms with Crippen LogP contribution in [0.3, 0.4) is 0 Å². The van der Waals surface area contributed by atoms with Crippen molar-refractivity contribution in [3.63, 3.8) is 0 Å². The predicted octanol–water partition coefficient (Wildman–Crippen LogP) is 3.52. The number of nitrogens with zero attached hydrogens (tertiary/aromatic N) is 2. The summed E-state index contributed by atoms with van der Waals surface area (Å²) in [7, 11) is 1.75. The number of nitrogens with one attached hydrogen (secondary N) is 2. The van der Waals surface area contributed by atoms with E-state index in [0.717, 1.165) is 11.1 Å². The number of hydrogen-bond donors (Lipinski definition) is 2. The molecule has 7 heteroatoms. The third kappa shape index (κ3) is 4.62. The summed E-state index contributed by atoms with van der Waals surface area (Å²) in [5, 5.41) is 5.24. The molecule has 0 unspecified atom stereocenters. The number of carbonyl (C=O) groups is 2. The van der Waals surface area contributed by atoms with Crippen LogP contribution < -0.4 is 16.2 Å². The first-order valence-corrected chi connectivity index (χ1v) is 10.5. The summed E-state index contributed by atoms with van der Waals surface area (Å²) < 4.78 is 3.16. The van der Waals surface area contributed by atoms with Crippen molar-refractivity contribution >= 4 is 17.5 Å². The third-order valence-corrected chi connectivity index (χ3v) is 5.48. The lowest BCUT2D eigenvalue weighted by molar-refractivity contribution is -0.115. The quantitative estimate of drug-likeness (QED) is 0.481. The van der Waals surface area contributed by atoms with Crippen LogP contribution in [-0.2, 0) is 11.8 Å². The van der Waals surface area contributed by atoms with Crippen LogP contribution in [0, 0.1) is 6.92 Å². The van der Waals surface area contributed by atoms with Crippen LogP contribution in [0.4, 0.5) is 5.69 Å². The fourth-order valence-electron chi connectivity index (χ4n) is 3.60. The fraction of sp³-hybridized carbons (Fsp3) is 0.115. The Morgan fingerprint density at radius 1 is 0.818 bits per heavy atom. The number of carbonyl (C=O) groups excluding carboxylic acids is 2. The number of anilines is 1. The average molecular weight is 441 g/mol. The van der Waals surface area contributed by atoms with Gasteiger partial charge >= 0.3 is 0 Å². The van der Waals surface area contributed by atoms with Crippen molar-refractivity contribution in [3.8, 4) is 16.8 Å². The average Bonchev–Trinajstić information content (AvgIpc) is 3.06. The second-order valence-electron chi connectivity index (χ2n) is 7.61. The second-order valence-corrected chi connectivity index (χ2v) is 7.61. The van der Waals surface area contributed by atoms with E-state index in [1.807, 2.05) is 72.8 Å². The molecule has 0 spiro atoms. The summed E-state index contributed by atoms with van der Waals surface area (Å²) in [6.45, 7) is 1.50. The maximum atomic E-state index is 12.9. The van der Waals surface area contributed by atoms with Crippen molar-refractivity contribution in [1.29, 1.82) is 0 Å². The molecular weight excluding hydrogens is 416 g/mol. The van der Waals surface area contributed by atoms with E-state index in [1.165, 1.54) is 4.68 Å². The van der Waals surface area contributed by atoms with Crippen LogP contribution in [0.25, 0.3) is 16.8 Å². The van der Waals surface area contributed by atoms with E-state index in [4.69, 9.17) is 0 Å². The third-order valence-electron chi connectivity index (χ3n) is 5.48. The molecule has 0 bridgehead atoms. The highest BCUT2D eigenvalue weighted by atomic mass is 16.2. The van der Waals surface area contributed by atoms with E-state index < -0.39 is 5.91 Å². The molecule has 2 N–H and O–H groups in total. The molecule has 3 aromatic carbocycles. The molecule has 1 heterocycles. The highest BCUT2D eigenvalue weighted by molar-refractivity contribution is 5.99. The smallest absolute Gasteiger partial charge is 0.295 e. The lowest BCUT2D eigenvalue weighted by Gasteiger charge is -2.07. The summed E-state index contributed by atoms with van der Waals surface area (Å²) in [6, 6.07) is 26.2. The van der Waals surface area contributed by atoms with Crippen molar-refractivity contribution in [2.45, 2.75) is 6.92 Å². The molecule has 0 aliphatic rings. The lowest BCUT2D eigenvalue weighted by Crippen LogP contribution is -2.34. The van der Waals surface area contributed by atoms with Gasteiger partial charge in [0, 0.05) is 12.6 Å². The van der Waals surface area contributed by atoms with Crippen LogP contribution in [0.15, 0.2) is 89.7 Å². The normalized spacial score (nSPS) is 10.6. The van der Waals surface area contributed by atoms with Gasteiger partial charge in [-0.05, 0) is 42.3 Å². The van der Waals surface area contributed by atoms with Gasteiger partial charge in [0.2, 0.25) is 5.91 Å². The van der Waals surface area contributed by atoms with Crippen LogP contribution in [0.2, 0.25) is 0 Å². The lowest BCUT2D eigenvalue weighted by atomic mass is 10.0. The first kappa shape index (κ1) is 21.8. The van der Waals surface area contributed by atoms with Gasteiger partial charge < -0.3 is 10.6 Å². The van der Waals surface area contributed by atoms with Gasteiger partial charge in [0.15, 0.2) is 0 Å². The van der Waals surface area contributed by atoms with E-state index in [2.05, 4.69) is 10.6 Å². The Kier molecular flexibility index (Phi) is 6.22. The van der Waals surface area contributed by atoms with Crippen LogP contribution >= 0.6 is 0 Å². The summed E-state index contributed by atoms with van der Waals surface area (Å²) in [5.41, 5.74) is 3.67. The van der Waals surface area contributed by atoms with Crippen molar-refractivity contribution < 1.29 is 9.59 Å². The number of para-hydroxylation sites is 1. The van der Waals surface area contributed by atoms with Crippen molar-refractivity contribution in [3.05, 3.63) is 107 Å². The van der Waals surface area contributed by atoms with E-state index in [0.29, 0.717) is 16.9 Å². The Morgan fingerprint density at radius 3 is 2.03 bits per heavy atom. The first-order chi connectivity index (χ1) is 16.0. The minimum absolute atomic E-state index is 0.188. The van der Waals surface area contributed by atoms with Gasteiger partial charge in [-0.3, -0.25) is 19.1 Å². The summed E-state index contributed by atoms with van der Waals surface area (Å²) in [5.74, 6) is -0.841. The molecule has 0 radical (unpaired) electrons. The Morgan fingerprint density at radius 2 is 1.39 bits per heavy atom. The molecule has 0 fully saturated rings. The monoisotopic (exact) mass is 440 g/mol. The first-order valence-electron chi connectivity index (χ1n) is 10.5. The molecule has 4 rings (SSSR count). The molecule has 4 aromatic rings. The number of benzene rings is 3. The van der Waals surface area contributed by atoms with Gasteiger partial charge in [0.1, 0.15) is 5.69 Å². The van der Waals surface area contributed by atoms with Gasteiger partial charge in [-0.15, -0.1) is 0 Å². The van der Waals surface area contributed by atoms with Gasteiger partial charge in [0.25, 0.3) is 11.5 Å². The summed E-state index contributed by atoms with van der Waals surface area (Å²) in [6.07, 6.45) is 0. The number of amides is 2. The molecule has 0 atom stereocenters. The topological polar surface area (TPSA) is 85.1 Å². The molecule has 1 aromatic heterocycles. The molecule has 166 valence electrons. The SMILES string of the molecule is Cc1c(NC(=O)CNC(=O)c2ccc(-c3ccccc3)cc2)c(=O)n(-c2ccccc2)n1C. The van der Waals surface area contributed by atoms with Gasteiger partial charge in [-0.2, -0.15) is 0 Å². The molecule has 7 nitrogen and oxygen atoms in total. The maximum Gasteiger partial charge on any atom is 0.295 e. The standard InChI is InChI=1S/C26H24N4O3/c1-18-24(26(33)30(29(18)2)22-11-7-4-8-12-22)28-23(31)17-27-25(32)21-15-13-20(14-16-21)19-9-5-3-6-10-19/h3-16H,17H2,1-2H3,(H,27,32)(H,28,31). The van der Waals surface area contributed by atoms with Gasteiger partial charge in [-0.25, -0.2) is 4.68 Å². The van der Waals surface area contributed by atoms with E-state index in [-0.39, 0.29) is 23.7 Å².